The van der Waals surface area contributed by atoms with Gasteiger partial charge in [-0.2, -0.15) is 0 Å². The second-order valence-electron chi connectivity index (χ2n) is 6.47. The Morgan fingerprint density at radius 3 is 2.04 bits per heavy atom. The molecule has 1 amide bonds. The first kappa shape index (κ1) is 18.3. The summed E-state index contributed by atoms with van der Waals surface area (Å²) in [5.74, 6) is 1.52. The number of nitrogens with one attached hydrogen (secondary N) is 1. The number of hydrogen-bond donors (Lipinski definition) is 1. The average molecular weight is 354 g/mol. The third-order valence-corrected chi connectivity index (χ3v) is 4.89. The molecule has 0 aromatic heterocycles. The van der Waals surface area contributed by atoms with Crippen LogP contribution < -0.4 is 14.8 Å². The van der Waals surface area contributed by atoms with E-state index in [2.05, 4.69) is 22.3 Å². The maximum atomic E-state index is 12.5. The number of benzene rings is 2. The molecule has 3 rings (SSSR count). The first-order valence-electron chi connectivity index (χ1n) is 9.01. The minimum atomic E-state index is -0.0645. The lowest BCUT2D eigenvalue weighted by atomic mass is 10.0. The van der Waals surface area contributed by atoms with Crippen molar-refractivity contribution >= 4 is 5.91 Å². The summed E-state index contributed by atoms with van der Waals surface area (Å²) >= 11 is 0. The van der Waals surface area contributed by atoms with Crippen molar-refractivity contribution in [2.75, 3.05) is 33.9 Å². The number of methoxy groups -OCH3 is 2. The fourth-order valence-corrected chi connectivity index (χ4v) is 3.37. The van der Waals surface area contributed by atoms with Gasteiger partial charge in [-0.3, -0.25) is 9.69 Å². The van der Waals surface area contributed by atoms with Crippen molar-refractivity contribution in [3.63, 3.8) is 0 Å². The van der Waals surface area contributed by atoms with E-state index in [1.165, 1.54) is 18.4 Å². The van der Waals surface area contributed by atoms with Gasteiger partial charge in [-0.25, -0.2) is 0 Å². The molecule has 1 fully saturated rings. The van der Waals surface area contributed by atoms with Crippen LogP contribution in [0.3, 0.4) is 0 Å². The molecule has 1 heterocycles. The summed E-state index contributed by atoms with van der Waals surface area (Å²) in [5.41, 5.74) is 1.84. The van der Waals surface area contributed by atoms with Gasteiger partial charge in [-0.15, -0.1) is 0 Å². The highest BCUT2D eigenvalue weighted by molar-refractivity contribution is 5.94. The van der Waals surface area contributed by atoms with Crippen LogP contribution in [0, 0.1) is 0 Å². The summed E-state index contributed by atoms with van der Waals surface area (Å²) in [7, 11) is 3.28. The second kappa shape index (κ2) is 8.72. The maximum Gasteiger partial charge on any atom is 0.251 e. The molecule has 1 aliphatic rings. The molecule has 0 bridgehead atoms. The topological polar surface area (TPSA) is 50.8 Å². The van der Waals surface area contributed by atoms with Gasteiger partial charge in [0.25, 0.3) is 5.91 Å². The Morgan fingerprint density at radius 1 is 0.962 bits per heavy atom. The van der Waals surface area contributed by atoms with Gasteiger partial charge >= 0.3 is 0 Å². The summed E-state index contributed by atoms with van der Waals surface area (Å²) in [6.07, 6.45) is 2.41. The van der Waals surface area contributed by atoms with Crippen molar-refractivity contribution < 1.29 is 14.3 Å². The van der Waals surface area contributed by atoms with Gasteiger partial charge < -0.3 is 14.8 Å². The van der Waals surface area contributed by atoms with E-state index in [1.807, 2.05) is 12.1 Å². The highest BCUT2D eigenvalue weighted by Crippen LogP contribution is 2.26. The zero-order valence-electron chi connectivity index (χ0n) is 15.4. The molecule has 2 aromatic carbocycles. The molecule has 1 N–H and O–H groups in total. The predicted molar refractivity (Wildman–Crippen MR) is 102 cm³/mol. The lowest BCUT2D eigenvalue weighted by Crippen LogP contribution is -2.36. The van der Waals surface area contributed by atoms with Crippen LogP contribution in [-0.4, -0.2) is 44.7 Å². The molecule has 5 nitrogen and oxygen atoms in total. The van der Waals surface area contributed by atoms with E-state index in [9.17, 15) is 4.79 Å². The van der Waals surface area contributed by atoms with Crippen LogP contribution in [0.15, 0.2) is 48.5 Å². The highest BCUT2D eigenvalue weighted by atomic mass is 16.5. The van der Waals surface area contributed by atoms with E-state index in [4.69, 9.17) is 9.47 Å². The molecule has 1 saturated heterocycles. The van der Waals surface area contributed by atoms with Crippen molar-refractivity contribution in [1.29, 1.82) is 0 Å². The molecule has 1 aliphatic heterocycles. The largest absolute Gasteiger partial charge is 0.497 e. The normalized spacial score (nSPS) is 15.5. The molecule has 1 atom stereocenters. The first-order valence-corrected chi connectivity index (χ1v) is 9.01. The minimum absolute atomic E-state index is 0.0645. The predicted octanol–water partition coefficient (Wildman–Crippen LogP) is 3.27. The van der Waals surface area contributed by atoms with Crippen LogP contribution in [0.25, 0.3) is 0 Å². The smallest absolute Gasteiger partial charge is 0.251 e. The Kier molecular flexibility index (Phi) is 6.12. The number of hydrogen-bond acceptors (Lipinski definition) is 4. The fourth-order valence-electron chi connectivity index (χ4n) is 3.37. The molecular weight excluding hydrogens is 328 g/mol. The van der Waals surface area contributed by atoms with Gasteiger partial charge in [0.05, 0.1) is 20.3 Å². The van der Waals surface area contributed by atoms with E-state index in [0.29, 0.717) is 12.1 Å². The summed E-state index contributed by atoms with van der Waals surface area (Å²) in [5, 5.41) is 3.09. The Hall–Kier alpha value is -2.53. The first-order chi connectivity index (χ1) is 12.7. The van der Waals surface area contributed by atoms with Crippen molar-refractivity contribution in [2.24, 2.45) is 0 Å². The van der Waals surface area contributed by atoms with Crippen LogP contribution >= 0.6 is 0 Å². The van der Waals surface area contributed by atoms with E-state index in [-0.39, 0.29) is 11.9 Å². The molecule has 0 radical (unpaired) electrons. The van der Waals surface area contributed by atoms with Gasteiger partial charge in [0, 0.05) is 12.1 Å². The van der Waals surface area contributed by atoms with E-state index in [0.717, 1.165) is 24.6 Å². The van der Waals surface area contributed by atoms with Crippen LogP contribution in [0.4, 0.5) is 0 Å². The summed E-state index contributed by atoms with van der Waals surface area (Å²) in [6.45, 7) is 2.71. The van der Waals surface area contributed by atoms with Crippen molar-refractivity contribution in [3.05, 3.63) is 59.7 Å². The number of amides is 1. The molecule has 0 spiro atoms. The second-order valence-corrected chi connectivity index (χ2v) is 6.47. The summed E-state index contributed by atoms with van der Waals surface area (Å²) < 4.78 is 10.4. The monoisotopic (exact) mass is 354 g/mol. The Labute approximate surface area is 154 Å². The van der Waals surface area contributed by atoms with Gasteiger partial charge in [0.2, 0.25) is 0 Å². The van der Waals surface area contributed by atoms with Gasteiger partial charge in [-0.1, -0.05) is 12.1 Å². The van der Waals surface area contributed by atoms with Crippen LogP contribution in [0.2, 0.25) is 0 Å². The SMILES string of the molecule is COc1ccc(C(=O)NC[C@@H](c2ccc(OC)cc2)N2CCCC2)cc1. The van der Waals surface area contributed by atoms with Crippen molar-refractivity contribution in [3.8, 4) is 11.5 Å². The standard InChI is InChI=1S/C21H26N2O3/c1-25-18-9-5-16(6-10-18)20(23-13-3-4-14-23)15-22-21(24)17-7-11-19(26-2)12-8-17/h5-12,20H,3-4,13-15H2,1-2H3,(H,22,24)/t20-/m0/s1. The Balaban J connectivity index is 1.69. The lowest BCUT2D eigenvalue weighted by Gasteiger charge is -2.28. The number of carbonyl (C=O) groups is 1. The number of rotatable bonds is 7. The molecule has 0 aliphatic carbocycles. The fraction of sp³-hybridized carbons (Fsp3) is 0.381. The Morgan fingerprint density at radius 2 is 1.50 bits per heavy atom. The van der Waals surface area contributed by atoms with E-state index >= 15 is 0 Å². The number of ether oxygens (including phenoxy) is 2. The number of carbonyl (C=O) groups excluding carboxylic acids is 1. The molecule has 138 valence electrons. The highest BCUT2D eigenvalue weighted by Gasteiger charge is 2.24. The Bertz CT molecular complexity index is 707. The average Bonchev–Trinajstić information content (AvgIpc) is 3.23. The molecule has 0 saturated carbocycles. The summed E-state index contributed by atoms with van der Waals surface area (Å²) in [4.78, 5) is 14.9. The maximum absolute atomic E-state index is 12.5. The molecular formula is C21H26N2O3. The van der Waals surface area contributed by atoms with Crippen molar-refractivity contribution in [2.45, 2.75) is 18.9 Å². The quantitative estimate of drug-likeness (QED) is 0.829. The van der Waals surface area contributed by atoms with Crippen molar-refractivity contribution in [1.82, 2.24) is 10.2 Å². The third-order valence-electron chi connectivity index (χ3n) is 4.89. The molecule has 2 aromatic rings. The minimum Gasteiger partial charge on any atom is -0.497 e. The zero-order chi connectivity index (χ0) is 18.4. The van der Waals surface area contributed by atoms with Crippen LogP contribution in [0.1, 0.15) is 34.8 Å². The number of likely N-dealkylation sites (tertiary alicyclic amines) is 1. The third kappa shape index (κ3) is 4.35. The molecule has 5 heteroatoms. The van der Waals surface area contributed by atoms with Crippen LogP contribution in [-0.2, 0) is 0 Å². The summed E-state index contributed by atoms with van der Waals surface area (Å²) in [6, 6.07) is 15.5. The molecule has 26 heavy (non-hydrogen) atoms. The van der Waals surface area contributed by atoms with E-state index in [1.54, 1.807) is 38.5 Å². The zero-order valence-corrected chi connectivity index (χ0v) is 15.4. The molecule has 0 unspecified atom stereocenters. The van der Waals surface area contributed by atoms with E-state index < -0.39 is 0 Å². The van der Waals surface area contributed by atoms with Gasteiger partial charge in [-0.05, 0) is 67.9 Å². The number of nitrogens with zero attached hydrogens (tertiary/aromatic N) is 1. The lowest BCUT2D eigenvalue weighted by molar-refractivity contribution is 0.0938. The van der Waals surface area contributed by atoms with Gasteiger partial charge in [0.15, 0.2) is 0 Å². The van der Waals surface area contributed by atoms with Gasteiger partial charge in [0.1, 0.15) is 11.5 Å². The van der Waals surface area contributed by atoms with Crippen LogP contribution in [0.5, 0.6) is 11.5 Å².